The monoisotopic (exact) mass is 391 g/mol. The number of likely N-dealkylation sites (tertiary alicyclic amines) is 1. The number of aliphatic hydroxyl groups excluding tert-OH is 1. The zero-order valence-electron chi connectivity index (χ0n) is 15.4. The molecule has 0 aliphatic carbocycles. The van der Waals surface area contributed by atoms with Gasteiger partial charge in [0.1, 0.15) is 11.6 Å². The number of aromatic amines is 1. The predicted molar refractivity (Wildman–Crippen MR) is 97.2 cm³/mol. The first-order chi connectivity index (χ1) is 13.3. The Balaban J connectivity index is 1.61. The van der Waals surface area contributed by atoms with Crippen molar-refractivity contribution in [1.82, 2.24) is 15.4 Å². The van der Waals surface area contributed by atoms with Crippen molar-refractivity contribution in [3.8, 4) is 0 Å². The second-order valence-electron chi connectivity index (χ2n) is 6.97. The molecule has 9 heteroatoms. The van der Waals surface area contributed by atoms with Crippen molar-refractivity contribution in [2.75, 3.05) is 13.1 Å². The highest BCUT2D eigenvalue weighted by Crippen LogP contribution is 2.16. The van der Waals surface area contributed by atoms with Gasteiger partial charge in [0.05, 0.1) is 11.7 Å². The van der Waals surface area contributed by atoms with Gasteiger partial charge in [0.2, 0.25) is 5.91 Å². The first-order valence-corrected chi connectivity index (χ1v) is 9.02. The maximum Gasteiger partial charge on any atom is 0.280 e. The molecule has 1 aliphatic heterocycles. The van der Waals surface area contributed by atoms with E-state index in [-0.39, 0.29) is 49.4 Å². The average molecular weight is 391 g/mol. The third kappa shape index (κ3) is 4.66. The molecule has 1 aromatic heterocycles. The Kier molecular flexibility index (Phi) is 5.93. The molecule has 150 valence electrons. The van der Waals surface area contributed by atoms with Gasteiger partial charge in [0, 0.05) is 38.0 Å². The molecule has 0 saturated carbocycles. The van der Waals surface area contributed by atoms with Crippen LogP contribution in [0.3, 0.4) is 0 Å². The van der Waals surface area contributed by atoms with Crippen molar-refractivity contribution in [3.63, 3.8) is 0 Å². The van der Waals surface area contributed by atoms with Crippen molar-refractivity contribution in [1.29, 1.82) is 0 Å². The molecule has 1 aromatic carbocycles. The lowest BCUT2D eigenvalue weighted by molar-refractivity contribution is -0.134. The predicted octanol–water partition coefficient (Wildman–Crippen LogP) is 0.740. The van der Waals surface area contributed by atoms with E-state index < -0.39 is 23.9 Å². The number of rotatable bonds is 5. The van der Waals surface area contributed by atoms with E-state index in [0.29, 0.717) is 11.3 Å². The lowest BCUT2D eigenvalue weighted by atomic mass is 10.0. The zero-order chi connectivity index (χ0) is 20.3. The fourth-order valence-corrected chi connectivity index (χ4v) is 3.39. The molecule has 2 heterocycles. The summed E-state index contributed by atoms with van der Waals surface area (Å²) in [5.41, 5.74) is 0.0970. The number of halogens is 1. The number of aromatic nitrogens is 1. The summed E-state index contributed by atoms with van der Waals surface area (Å²) in [6, 6.07) is 5.16. The summed E-state index contributed by atoms with van der Waals surface area (Å²) in [5, 5.41) is 15.0. The largest absolute Gasteiger partial charge is 0.391 e. The van der Waals surface area contributed by atoms with Gasteiger partial charge in [0.15, 0.2) is 0 Å². The molecule has 1 saturated heterocycles. The number of benzene rings is 1. The minimum absolute atomic E-state index is 0.0390. The van der Waals surface area contributed by atoms with E-state index in [4.69, 9.17) is 4.52 Å². The van der Waals surface area contributed by atoms with Crippen LogP contribution in [0, 0.1) is 12.7 Å². The van der Waals surface area contributed by atoms with Crippen molar-refractivity contribution in [2.24, 2.45) is 0 Å². The number of carbonyl (C=O) groups is 2. The second-order valence-corrected chi connectivity index (χ2v) is 6.97. The zero-order valence-corrected chi connectivity index (χ0v) is 15.4. The Morgan fingerprint density at radius 3 is 2.86 bits per heavy atom. The van der Waals surface area contributed by atoms with Gasteiger partial charge in [-0.25, -0.2) is 4.39 Å². The smallest absolute Gasteiger partial charge is 0.280 e. The van der Waals surface area contributed by atoms with Crippen LogP contribution in [-0.2, 0) is 11.2 Å². The average Bonchev–Trinajstić information content (AvgIpc) is 3.04. The molecule has 3 rings (SSSR count). The lowest BCUT2D eigenvalue weighted by Gasteiger charge is -2.36. The molecule has 1 aliphatic rings. The number of amides is 2. The minimum Gasteiger partial charge on any atom is -0.391 e. The molecule has 0 radical (unpaired) electrons. The molecule has 8 nitrogen and oxygen atoms in total. The Bertz CT molecular complexity index is 902. The molecule has 2 atom stereocenters. The van der Waals surface area contributed by atoms with Gasteiger partial charge in [-0.15, -0.1) is 0 Å². The highest BCUT2D eigenvalue weighted by molar-refractivity contribution is 5.96. The quantitative estimate of drug-likeness (QED) is 0.695. The summed E-state index contributed by atoms with van der Waals surface area (Å²) in [7, 11) is 0. The number of carbonyl (C=O) groups excluding carboxylic acids is 2. The fraction of sp³-hybridized carbons (Fsp3) is 0.421. The standard InChI is InChI=1S/C19H22FN3O5/c1-11-3-2-4-15(20)18(11)19(27)21-12-7-13(24)10-23(9-12)17(26)6-5-14-8-16(25)22-28-14/h2-4,8,12-13,24H,5-7,9-10H2,1H3,(H,21,27)(H,22,25)/t12-,13+/m0/s1. The third-order valence-corrected chi connectivity index (χ3v) is 4.73. The van der Waals surface area contributed by atoms with E-state index in [0.717, 1.165) is 0 Å². The van der Waals surface area contributed by atoms with E-state index in [1.807, 2.05) is 0 Å². The summed E-state index contributed by atoms with van der Waals surface area (Å²) in [5.74, 6) is -1.05. The molecule has 28 heavy (non-hydrogen) atoms. The van der Waals surface area contributed by atoms with Crippen LogP contribution in [0.15, 0.2) is 33.6 Å². The summed E-state index contributed by atoms with van der Waals surface area (Å²) < 4.78 is 18.9. The SMILES string of the molecule is Cc1cccc(F)c1C(=O)N[C@H]1C[C@@H](O)CN(C(=O)CCc2cc(=O)[nH]o2)C1. The Labute approximate surface area is 160 Å². The van der Waals surface area contributed by atoms with Crippen molar-refractivity contribution in [3.05, 3.63) is 57.3 Å². The summed E-state index contributed by atoms with van der Waals surface area (Å²) >= 11 is 0. The number of aliphatic hydroxyl groups is 1. The second kappa shape index (κ2) is 8.39. The maximum atomic E-state index is 14.0. The number of aryl methyl sites for hydroxylation is 2. The van der Waals surface area contributed by atoms with Crippen LogP contribution < -0.4 is 10.9 Å². The van der Waals surface area contributed by atoms with Crippen molar-refractivity contribution < 1.29 is 23.6 Å². The van der Waals surface area contributed by atoms with E-state index in [9.17, 15) is 23.9 Å². The lowest BCUT2D eigenvalue weighted by Crippen LogP contribution is -2.54. The molecule has 3 N–H and O–H groups in total. The van der Waals surface area contributed by atoms with Crippen molar-refractivity contribution in [2.45, 2.75) is 38.3 Å². The van der Waals surface area contributed by atoms with Crippen LogP contribution in [0.1, 0.15) is 34.5 Å². The maximum absolute atomic E-state index is 14.0. The summed E-state index contributed by atoms with van der Waals surface area (Å²) in [6.45, 7) is 2.01. The van der Waals surface area contributed by atoms with Gasteiger partial charge in [-0.3, -0.25) is 14.4 Å². The number of H-pyrrole nitrogens is 1. The number of hydrogen-bond donors (Lipinski definition) is 3. The first-order valence-electron chi connectivity index (χ1n) is 9.02. The third-order valence-electron chi connectivity index (χ3n) is 4.73. The Hall–Kier alpha value is -2.94. The van der Waals surface area contributed by atoms with Crippen LogP contribution in [0.4, 0.5) is 4.39 Å². The fourth-order valence-electron chi connectivity index (χ4n) is 3.39. The Morgan fingerprint density at radius 2 is 2.18 bits per heavy atom. The van der Waals surface area contributed by atoms with Gasteiger partial charge in [-0.2, -0.15) is 5.16 Å². The van der Waals surface area contributed by atoms with Crippen LogP contribution in [-0.4, -0.2) is 52.2 Å². The highest BCUT2D eigenvalue weighted by Gasteiger charge is 2.30. The van der Waals surface area contributed by atoms with Crippen LogP contribution in [0.25, 0.3) is 0 Å². The number of piperidine rings is 1. The first kappa shape index (κ1) is 19.8. The van der Waals surface area contributed by atoms with Gasteiger partial charge in [0.25, 0.3) is 11.5 Å². The molecule has 0 spiro atoms. The van der Waals surface area contributed by atoms with Gasteiger partial charge in [-0.1, -0.05) is 12.1 Å². The van der Waals surface area contributed by atoms with Gasteiger partial charge < -0.3 is 19.8 Å². The molecule has 2 amide bonds. The van der Waals surface area contributed by atoms with E-state index in [1.165, 1.54) is 23.1 Å². The van der Waals surface area contributed by atoms with Crippen LogP contribution in [0.2, 0.25) is 0 Å². The molecular weight excluding hydrogens is 369 g/mol. The van der Waals surface area contributed by atoms with Gasteiger partial charge in [-0.05, 0) is 25.0 Å². The van der Waals surface area contributed by atoms with Crippen LogP contribution in [0.5, 0.6) is 0 Å². The number of nitrogens with zero attached hydrogens (tertiary/aromatic N) is 1. The van der Waals surface area contributed by atoms with E-state index >= 15 is 0 Å². The molecular formula is C19H22FN3O5. The molecule has 1 fully saturated rings. The van der Waals surface area contributed by atoms with Crippen LogP contribution >= 0.6 is 0 Å². The number of β-amino-alcohol motifs (C(OH)–C–C–N with tert-alkyl or cyclic N) is 1. The molecule has 0 unspecified atom stereocenters. The molecule has 2 aromatic rings. The van der Waals surface area contributed by atoms with E-state index in [1.54, 1.807) is 13.0 Å². The number of nitrogens with one attached hydrogen (secondary N) is 2. The number of hydrogen-bond acceptors (Lipinski definition) is 5. The van der Waals surface area contributed by atoms with Crippen molar-refractivity contribution >= 4 is 11.8 Å². The van der Waals surface area contributed by atoms with Gasteiger partial charge >= 0.3 is 0 Å². The minimum atomic E-state index is -0.796. The topological polar surface area (TPSA) is 116 Å². The summed E-state index contributed by atoms with van der Waals surface area (Å²) in [4.78, 5) is 37.4. The Morgan fingerprint density at radius 1 is 1.39 bits per heavy atom. The molecule has 0 bridgehead atoms. The highest BCUT2D eigenvalue weighted by atomic mass is 19.1. The normalized spacial score (nSPS) is 19.5. The summed E-state index contributed by atoms with van der Waals surface area (Å²) in [6.07, 6.45) is -0.179. The van der Waals surface area contributed by atoms with E-state index in [2.05, 4.69) is 10.5 Å².